The second-order valence-corrected chi connectivity index (χ2v) is 7.64. The highest BCUT2D eigenvalue weighted by Crippen LogP contribution is 2.42. The molecule has 0 aromatic heterocycles. The molecule has 1 aromatic rings. The molecule has 2 rings (SSSR count). The van der Waals surface area contributed by atoms with Gasteiger partial charge in [-0.25, -0.2) is 0 Å². The van der Waals surface area contributed by atoms with Crippen LogP contribution in [-0.4, -0.2) is 16.3 Å². The fraction of sp³-hybridized carbons (Fsp3) is 0.611. The van der Waals surface area contributed by atoms with Gasteiger partial charge in [0.05, 0.1) is 0 Å². The molecular formula is C18H28N+. The summed E-state index contributed by atoms with van der Waals surface area (Å²) in [6.07, 6.45) is 3.63. The van der Waals surface area contributed by atoms with Crippen molar-refractivity contribution in [1.82, 2.24) is 0 Å². The predicted molar refractivity (Wildman–Crippen MR) is 83.7 cm³/mol. The molecule has 104 valence electrons. The molecule has 0 spiro atoms. The van der Waals surface area contributed by atoms with Crippen molar-refractivity contribution < 1.29 is 4.58 Å². The minimum absolute atomic E-state index is 0.194. The molecule has 0 bridgehead atoms. The largest absolute Gasteiger partial charge is 0.211 e. The SMILES string of the molecule is Cc1cccc(C(C)C)c1[N+]1=CC(C)(C)CC1(C)C. The Labute approximate surface area is 118 Å². The van der Waals surface area contributed by atoms with Crippen LogP contribution in [0.1, 0.15) is 65.0 Å². The van der Waals surface area contributed by atoms with Gasteiger partial charge in [-0.15, -0.1) is 0 Å². The van der Waals surface area contributed by atoms with E-state index in [9.17, 15) is 0 Å². The van der Waals surface area contributed by atoms with Gasteiger partial charge in [-0.3, -0.25) is 0 Å². The van der Waals surface area contributed by atoms with Gasteiger partial charge >= 0.3 is 0 Å². The van der Waals surface area contributed by atoms with Gasteiger partial charge in [-0.1, -0.05) is 45.9 Å². The van der Waals surface area contributed by atoms with Crippen molar-refractivity contribution in [2.45, 2.75) is 66.3 Å². The van der Waals surface area contributed by atoms with Crippen LogP contribution in [0.3, 0.4) is 0 Å². The van der Waals surface area contributed by atoms with E-state index in [1.807, 2.05) is 0 Å². The Morgan fingerprint density at radius 1 is 1.11 bits per heavy atom. The molecule has 0 saturated heterocycles. The van der Waals surface area contributed by atoms with E-state index in [1.54, 1.807) is 0 Å². The average molecular weight is 258 g/mol. The number of aryl methyl sites for hydroxylation is 1. The second-order valence-electron chi connectivity index (χ2n) is 7.64. The maximum Gasteiger partial charge on any atom is 0.211 e. The zero-order valence-corrected chi connectivity index (χ0v) is 13.5. The number of hydrogen-bond donors (Lipinski definition) is 0. The van der Waals surface area contributed by atoms with Crippen LogP contribution in [-0.2, 0) is 0 Å². The van der Waals surface area contributed by atoms with Crippen LogP contribution in [0.4, 0.5) is 5.69 Å². The number of nitrogens with zero attached hydrogens (tertiary/aromatic N) is 1. The molecule has 0 saturated carbocycles. The zero-order chi connectivity index (χ0) is 14.4. The number of rotatable bonds is 2. The zero-order valence-electron chi connectivity index (χ0n) is 13.5. The Bertz CT molecular complexity index is 518. The lowest BCUT2D eigenvalue weighted by Gasteiger charge is -2.22. The fourth-order valence-corrected chi connectivity index (χ4v) is 3.61. The van der Waals surface area contributed by atoms with Gasteiger partial charge in [0.1, 0.15) is 0 Å². The molecule has 0 atom stereocenters. The fourth-order valence-electron chi connectivity index (χ4n) is 3.61. The summed E-state index contributed by atoms with van der Waals surface area (Å²) in [6.45, 7) is 16.2. The minimum Gasteiger partial charge on any atom is -0.197 e. The van der Waals surface area contributed by atoms with Crippen LogP contribution >= 0.6 is 0 Å². The monoisotopic (exact) mass is 258 g/mol. The lowest BCUT2D eigenvalue weighted by molar-refractivity contribution is -0.512. The molecule has 1 heteroatoms. The van der Waals surface area contributed by atoms with E-state index in [2.05, 4.69) is 77.5 Å². The van der Waals surface area contributed by atoms with Crippen molar-refractivity contribution in [3.05, 3.63) is 29.3 Å². The van der Waals surface area contributed by atoms with Crippen molar-refractivity contribution in [3.8, 4) is 0 Å². The van der Waals surface area contributed by atoms with Crippen LogP contribution in [0.25, 0.3) is 0 Å². The lowest BCUT2D eigenvalue weighted by Crippen LogP contribution is -2.30. The molecule has 1 aliphatic rings. The van der Waals surface area contributed by atoms with Crippen molar-refractivity contribution in [1.29, 1.82) is 0 Å². The third-order valence-corrected chi connectivity index (χ3v) is 4.15. The molecule has 1 heterocycles. The first-order chi connectivity index (χ1) is 8.64. The molecule has 0 N–H and O–H groups in total. The third kappa shape index (κ3) is 2.61. The topological polar surface area (TPSA) is 3.01 Å². The molecule has 0 radical (unpaired) electrons. The Morgan fingerprint density at radius 3 is 2.21 bits per heavy atom. The van der Waals surface area contributed by atoms with Crippen molar-refractivity contribution in [3.63, 3.8) is 0 Å². The predicted octanol–water partition coefficient (Wildman–Crippen LogP) is 5.04. The van der Waals surface area contributed by atoms with E-state index in [0.29, 0.717) is 5.92 Å². The van der Waals surface area contributed by atoms with Crippen LogP contribution < -0.4 is 0 Å². The molecule has 0 unspecified atom stereocenters. The maximum atomic E-state index is 2.53. The van der Waals surface area contributed by atoms with E-state index in [4.69, 9.17) is 0 Å². The first-order valence-electron chi connectivity index (χ1n) is 7.39. The van der Waals surface area contributed by atoms with Crippen LogP contribution in [0.2, 0.25) is 0 Å². The van der Waals surface area contributed by atoms with Gasteiger partial charge in [0.2, 0.25) is 5.69 Å². The molecule has 1 aromatic carbocycles. The summed E-state index contributed by atoms with van der Waals surface area (Å²) in [5.41, 5.74) is 4.74. The van der Waals surface area contributed by atoms with E-state index >= 15 is 0 Å². The van der Waals surface area contributed by atoms with Crippen LogP contribution in [0.15, 0.2) is 18.2 Å². The second kappa shape index (κ2) is 4.47. The molecule has 1 nitrogen and oxygen atoms in total. The Morgan fingerprint density at radius 2 is 1.74 bits per heavy atom. The van der Waals surface area contributed by atoms with E-state index in [1.165, 1.54) is 23.2 Å². The lowest BCUT2D eigenvalue weighted by atomic mass is 9.85. The van der Waals surface area contributed by atoms with Crippen molar-refractivity contribution in [2.24, 2.45) is 5.41 Å². The molecular weight excluding hydrogens is 230 g/mol. The smallest absolute Gasteiger partial charge is 0.197 e. The summed E-state index contributed by atoms with van der Waals surface area (Å²) < 4.78 is 2.53. The van der Waals surface area contributed by atoms with Gasteiger partial charge in [0, 0.05) is 36.8 Å². The minimum atomic E-state index is 0.194. The Balaban J connectivity index is 2.65. The highest BCUT2D eigenvalue weighted by atomic mass is 15.1. The molecule has 19 heavy (non-hydrogen) atoms. The van der Waals surface area contributed by atoms with E-state index in [0.717, 1.165) is 0 Å². The van der Waals surface area contributed by atoms with Crippen LogP contribution in [0.5, 0.6) is 0 Å². The third-order valence-electron chi connectivity index (χ3n) is 4.15. The molecule has 0 fully saturated rings. The highest BCUT2D eigenvalue weighted by Gasteiger charge is 2.47. The summed E-state index contributed by atoms with van der Waals surface area (Å²) in [7, 11) is 0. The normalized spacial score (nSPS) is 20.7. The highest BCUT2D eigenvalue weighted by molar-refractivity contribution is 5.65. The number of benzene rings is 1. The van der Waals surface area contributed by atoms with Crippen molar-refractivity contribution in [2.75, 3.05) is 0 Å². The summed E-state index contributed by atoms with van der Waals surface area (Å²) in [4.78, 5) is 0. The molecule has 0 amide bonds. The summed E-state index contributed by atoms with van der Waals surface area (Å²) in [6, 6.07) is 6.70. The van der Waals surface area contributed by atoms with Gasteiger partial charge in [0.25, 0.3) is 0 Å². The number of hydrogen-bond acceptors (Lipinski definition) is 0. The quantitative estimate of drug-likeness (QED) is 0.654. The van der Waals surface area contributed by atoms with Gasteiger partial charge in [-0.05, 0) is 12.8 Å². The first-order valence-corrected chi connectivity index (χ1v) is 7.39. The van der Waals surface area contributed by atoms with Gasteiger partial charge < -0.3 is 0 Å². The average Bonchev–Trinajstić information content (AvgIpc) is 2.46. The standard InChI is InChI=1S/C18H28N/c1-13(2)15-10-8-9-14(3)16(15)19-12-17(4,5)11-18(19,6)7/h8-10,12-13H,11H2,1-7H3/q+1. The summed E-state index contributed by atoms with van der Waals surface area (Å²) in [5, 5.41) is 0. The summed E-state index contributed by atoms with van der Waals surface area (Å²) >= 11 is 0. The van der Waals surface area contributed by atoms with Gasteiger partial charge in [0.15, 0.2) is 11.8 Å². The number of para-hydroxylation sites is 1. The molecule has 0 aliphatic carbocycles. The van der Waals surface area contributed by atoms with E-state index < -0.39 is 0 Å². The van der Waals surface area contributed by atoms with Crippen LogP contribution in [0, 0.1) is 12.3 Å². The van der Waals surface area contributed by atoms with E-state index in [-0.39, 0.29) is 11.0 Å². The van der Waals surface area contributed by atoms with Crippen molar-refractivity contribution >= 4 is 11.9 Å². The first kappa shape index (κ1) is 14.3. The Kier molecular flexibility index (Phi) is 3.36. The maximum absolute atomic E-state index is 2.53. The Hall–Kier alpha value is -1.11. The summed E-state index contributed by atoms with van der Waals surface area (Å²) in [5.74, 6) is 0.558. The van der Waals surface area contributed by atoms with Gasteiger partial charge in [-0.2, -0.15) is 4.58 Å². The molecule has 1 aliphatic heterocycles.